The van der Waals surface area contributed by atoms with Crippen LogP contribution in [0, 0.1) is 11.8 Å². The van der Waals surface area contributed by atoms with Gasteiger partial charge in [0.1, 0.15) is 19.3 Å². The lowest BCUT2D eigenvalue weighted by Crippen LogP contribution is -2.58. The highest BCUT2D eigenvalue weighted by Gasteiger charge is 2.38. The molecule has 0 radical (unpaired) electrons. The minimum absolute atomic E-state index is 0.131. The lowest BCUT2D eigenvalue weighted by Gasteiger charge is -2.39. The molecule has 75 heavy (non-hydrogen) atoms. The van der Waals surface area contributed by atoms with Gasteiger partial charge in [-0.15, -0.1) is 22.7 Å². The minimum atomic E-state index is -0.812. The maximum absolute atomic E-state index is 12.9. The Labute approximate surface area is 471 Å². The molecule has 21 heteroatoms. The van der Waals surface area contributed by atoms with Crippen molar-refractivity contribution < 1.29 is 38.1 Å². The highest BCUT2D eigenvalue weighted by Crippen LogP contribution is 2.39. The highest BCUT2D eigenvalue weighted by molar-refractivity contribution is 7.16. The zero-order valence-electron chi connectivity index (χ0n) is 42.3. The Hall–Kier alpha value is -5.17. The number of carbonyl (C=O) groups is 4. The molecule has 0 aliphatic carbocycles. The third kappa shape index (κ3) is 17.2. The molecule has 2 aromatic heterocycles. The van der Waals surface area contributed by atoms with Crippen molar-refractivity contribution in [2.45, 2.75) is 65.8 Å². The van der Waals surface area contributed by atoms with Crippen LogP contribution in [0.4, 0.5) is 19.9 Å². The van der Waals surface area contributed by atoms with Gasteiger partial charge in [-0.2, -0.15) is 0 Å². The summed E-state index contributed by atoms with van der Waals surface area (Å²) in [6.45, 7) is 12.2. The van der Waals surface area contributed by atoms with Crippen LogP contribution < -0.4 is 15.1 Å². The molecule has 4 heterocycles. The standard InChI is InChI=1S/C27H29Cl2N3O4S.C19H23Cl2N3O2S.C8H7ClO2/c1-17(2)13-23-24(19-9-10-20(28)21(29)14-19)30-26(37-23)31-11-12-32(22(15-31)25(33)35-3)27(34)36-16-18-7-5-4-6-8-18;1-11(2)8-16-17(12-4-5-13(20)14(21)9-12)23-19(27-16)24-7-6-22-15(10-24)18(25)26-3;9-8(10)11-6-7-4-2-1-3-5-7/h4-10,14,17,22H,11-13,15-16H2,1-3H3;4-5,9,11,15,22H,6-8,10H2,1-3H3;1-5H,6H2. The molecule has 1 amide bonds. The number of esters is 2. The maximum atomic E-state index is 12.9. The molecular weight excluding hydrogens is 1100 g/mol. The fraction of sp³-hybridized carbons (Fsp3) is 0.370. The summed E-state index contributed by atoms with van der Waals surface area (Å²) in [5.74, 6) is 0.188. The van der Waals surface area contributed by atoms with Gasteiger partial charge in [0, 0.05) is 65.2 Å². The number of benzene rings is 4. The Bertz CT molecular complexity index is 2860. The predicted molar refractivity (Wildman–Crippen MR) is 302 cm³/mol. The molecule has 2 fully saturated rings. The van der Waals surface area contributed by atoms with Crippen LogP contribution in [0.2, 0.25) is 20.1 Å². The zero-order valence-corrected chi connectivity index (χ0v) is 47.7. The molecule has 1 N–H and O–H groups in total. The van der Waals surface area contributed by atoms with E-state index in [2.05, 4.69) is 42.6 Å². The van der Waals surface area contributed by atoms with Crippen molar-refractivity contribution in [2.24, 2.45) is 11.8 Å². The summed E-state index contributed by atoms with van der Waals surface area (Å²) in [6, 6.07) is 28.8. The molecule has 4 aromatic carbocycles. The lowest BCUT2D eigenvalue weighted by molar-refractivity contribution is -0.146. The van der Waals surface area contributed by atoms with Crippen LogP contribution in [0.15, 0.2) is 97.1 Å². The third-order valence-electron chi connectivity index (χ3n) is 11.6. The lowest BCUT2D eigenvalue weighted by atomic mass is 10.0. The smallest absolute Gasteiger partial charge is 0.410 e. The second-order valence-electron chi connectivity index (χ2n) is 18.2. The molecule has 2 unspecified atom stereocenters. The Balaban J connectivity index is 0.000000209. The maximum Gasteiger partial charge on any atom is 0.410 e. The normalized spacial score (nSPS) is 15.3. The van der Waals surface area contributed by atoms with E-state index in [9.17, 15) is 19.2 Å². The fourth-order valence-electron chi connectivity index (χ4n) is 7.96. The number of nitrogens with zero attached hydrogens (tertiary/aromatic N) is 5. The van der Waals surface area contributed by atoms with Crippen molar-refractivity contribution >= 4 is 114 Å². The average Bonchev–Trinajstić information content (AvgIpc) is 4.03. The fourth-order valence-corrected chi connectivity index (χ4v) is 11.3. The number of amides is 1. The number of anilines is 2. The van der Waals surface area contributed by atoms with E-state index in [0.29, 0.717) is 58.1 Å². The van der Waals surface area contributed by atoms with Crippen LogP contribution in [-0.2, 0) is 54.6 Å². The van der Waals surface area contributed by atoms with Crippen LogP contribution in [0.5, 0.6) is 0 Å². The first-order chi connectivity index (χ1) is 35.9. The third-order valence-corrected chi connectivity index (χ3v) is 15.5. The van der Waals surface area contributed by atoms with E-state index >= 15 is 0 Å². The summed E-state index contributed by atoms with van der Waals surface area (Å²) in [4.78, 5) is 65.5. The first-order valence-corrected chi connectivity index (χ1v) is 27.6. The van der Waals surface area contributed by atoms with E-state index in [4.69, 9.17) is 82.2 Å². The van der Waals surface area contributed by atoms with E-state index < -0.39 is 23.5 Å². The summed E-state index contributed by atoms with van der Waals surface area (Å²) in [7, 11) is 2.73. The van der Waals surface area contributed by atoms with Gasteiger partial charge in [-0.25, -0.2) is 24.4 Å². The molecule has 2 aliphatic rings. The zero-order chi connectivity index (χ0) is 54.2. The molecule has 2 atom stereocenters. The van der Waals surface area contributed by atoms with Crippen LogP contribution >= 0.6 is 80.7 Å². The summed E-state index contributed by atoms with van der Waals surface area (Å²) < 4.78 is 20.0. The van der Waals surface area contributed by atoms with Gasteiger partial charge in [0.15, 0.2) is 16.3 Å². The van der Waals surface area contributed by atoms with Gasteiger partial charge in [-0.3, -0.25) is 9.69 Å². The molecular formula is C54H59Cl5N6O8S2. The molecule has 6 aromatic rings. The number of piperazine rings is 2. The molecule has 8 rings (SSSR count). The number of rotatable bonds is 14. The van der Waals surface area contributed by atoms with Crippen LogP contribution in [0.3, 0.4) is 0 Å². The summed E-state index contributed by atoms with van der Waals surface area (Å²) >= 11 is 32.9. The minimum Gasteiger partial charge on any atom is -0.468 e. The Morgan fingerprint density at radius 3 is 1.56 bits per heavy atom. The van der Waals surface area contributed by atoms with E-state index in [1.54, 1.807) is 34.8 Å². The van der Waals surface area contributed by atoms with Crippen LogP contribution in [-0.4, -0.2) is 104 Å². The van der Waals surface area contributed by atoms with Crippen molar-refractivity contribution in [3.63, 3.8) is 0 Å². The predicted octanol–water partition coefficient (Wildman–Crippen LogP) is 13.1. The monoisotopic (exact) mass is 1160 g/mol. The van der Waals surface area contributed by atoms with Gasteiger partial charge in [0.25, 0.3) is 0 Å². The average molecular weight is 1160 g/mol. The molecule has 2 aliphatic heterocycles. The molecule has 0 spiro atoms. The van der Waals surface area contributed by atoms with Gasteiger partial charge < -0.3 is 34.1 Å². The molecule has 400 valence electrons. The Morgan fingerprint density at radius 2 is 1.11 bits per heavy atom. The van der Waals surface area contributed by atoms with Crippen LogP contribution in [0.1, 0.15) is 48.6 Å². The molecule has 0 bridgehead atoms. The van der Waals surface area contributed by atoms with Crippen molar-refractivity contribution in [1.29, 1.82) is 0 Å². The topological polar surface area (TPSA) is 153 Å². The SMILES string of the molecule is COC(=O)C1CN(c2nc(-c3ccc(Cl)c(Cl)c3)c(CC(C)C)s2)CCN1.COC(=O)C1CN(c2nc(-c3ccc(Cl)c(Cl)c3)c(CC(C)C)s2)CCN1C(=O)OCc1ccccc1.O=C(Cl)OCc1ccccc1. The van der Waals surface area contributed by atoms with Gasteiger partial charge in [0.2, 0.25) is 0 Å². The van der Waals surface area contributed by atoms with E-state index in [1.165, 1.54) is 24.0 Å². The first-order valence-electron chi connectivity index (χ1n) is 24.1. The van der Waals surface area contributed by atoms with Crippen molar-refractivity contribution in [3.8, 4) is 22.5 Å². The van der Waals surface area contributed by atoms with Crippen molar-refractivity contribution in [1.82, 2.24) is 20.2 Å². The number of aromatic nitrogens is 2. The Morgan fingerprint density at radius 1 is 0.627 bits per heavy atom. The first kappa shape index (κ1) is 59.1. The quantitative estimate of drug-likeness (QED) is 0.0626. The summed E-state index contributed by atoms with van der Waals surface area (Å²) in [6.07, 6.45) is 1.23. The van der Waals surface area contributed by atoms with Gasteiger partial charge >= 0.3 is 23.5 Å². The molecule has 2 saturated heterocycles. The molecule has 0 saturated carbocycles. The second kappa shape index (κ2) is 28.8. The Kier molecular flexibility index (Phi) is 22.7. The second-order valence-corrected chi connectivity index (χ2v) is 22.3. The van der Waals surface area contributed by atoms with Crippen LogP contribution in [0.25, 0.3) is 22.5 Å². The number of methoxy groups -OCH3 is 2. The van der Waals surface area contributed by atoms with E-state index in [1.807, 2.05) is 89.8 Å². The largest absolute Gasteiger partial charge is 0.468 e. The number of hydrogen-bond donors (Lipinski definition) is 1. The number of ether oxygens (including phenoxy) is 4. The molecule has 14 nitrogen and oxygen atoms in total. The van der Waals surface area contributed by atoms with Crippen molar-refractivity contribution in [3.05, 3.63) is 138 Å². The number of carbonyl (C=O) groups excluding carboxylic acids is 4. The van der Waals surface area contributed by atoms with E-state index in [-0.39, 0.29) is 31.8 Å². The number of thiazole rings is 2. The summed E-state index contributed by atoms with van der Waals surface area (Å²) in [5.41, 5.74) is 4.68. The number of halogens is 5. The summed E-state index contributed by atoms with van der Waals surface area (Å²) in [5, 5.41) is 6.91. The highest BCUT2D eigenvalue weighted by atomic mass is 35.5. The van der Waals surface area contributed by atoms with Crippen molar-refractivity contribution in [2.75, 3.05) is 63.3 Å². The number of hydrogen-bond acceptors (Lipinski definition) is 15. The van der Waals surface area contributed by atoms with Gasteiger partial charge in [-0.05, 0) is 60.1 Å². The van der Waals surface area contributed by atoms with Gasteiger partial charge in [0.05, 0.1) is 52.2 Å². The number of nitrogens with one attached hydrogen (secondary N) is 1. The van der Waals surface area contributed by atoms with Gasteiger partial charge in [-0.1, -0.05) is 147 Å². The van der Waals surface area contributed by atoms with E-state index in [0.717, 1.165) is 68.2 Å².